The van der Waals surface area contributed by atoms with Crippen LogP contribution in [0.2, 0.25) is 10.0 Å². The summed E-state index contributed by atoms with van der Waals surface area (Å²) in [6, 6.07) is 8.97. The van der Waals surface area contributed by atoms with Crippen molar-refractivity contribution in [3.63, 3.8) is 0 Å². The second-order valence-corrected chi connectivity index (χ2v) is 10.8. The minimum absolute atomic E-state index is 0.0516. The molecule has 8 nitrogen and oxygen atoms in total. The molecule has 4 heterocycles. The van der Waals surface area contributed by atoms with Crippen LogP contribution in [0.15, 0.2) is 48.7 Å². The number of carbonyl (C=O) groups is 1. The summed E-state index contributed by atoms with van der Waals surface area (Å²) in [7, 11) is 0. The van der Waals surface area contributed by atoms with Crippen molar-refractivity contribution < 1.29 is 28.2 Å². The zero-order chi connectivity index (χ0) is 28.7. The van der Waals surface area contributed by atoms with Crippen LogP contribution in [0, 0.1) is 11.6 Å². The Morgan fingerprint density at radius 1 is 1.17 bits per heavy atom. The summed E-state index contributed by atoms with van der Waals surface area (Å²) in [4.78, 5) is 22.3. The van der Waals surface area contributed by atoms with E-state index in [-0.39, 0.29) is 23.8 Å². The largest absolute Gasteiger partial charge is 0.486 e. The third-order valence-electron chi connectivity index (χ3n) is 7.20. The number of halogens is 4. The summed E-state index contributed by atoms with van der Waals surface area (Å²) in [5.74, 6) is -1.34. The first-order chi connectivity index (χ1) is 19.7. The van der Waals surface area contributed by atoms with Gasteiger partial charge < -0.3 is 19.1 Å². The number of nitrogens with zero attached hydrogens (tertiary/aromatic N) is 4. The summed E-state index contributed by atoms with van der Waals surface area (Å²) in [5, 5.41) is 10.3. The quantitative estimate of drug-likeness (QED) is 0.253. The van der Waals surface area contributed by atoms with Gasteiger partial charge in [0.25, 0.3) is 0 Å². The summed E-state index contributed by atoms with van der Waals surface area (Å²) in [5.41, 5.74) is 2.09. The smallest absolute Gasteiger partial charge is 0.335 e. The Morgan fingerprint density at radius 2 is 2.00 bits per heavy atom. The van der Waals surface area contributed by atoms with Crippen molar-refractivity contribution in [2.45, 2.75) is 32.2 Å². The Hall–Kier alpha value is -3.57. The maximum atomic E-state index is 14.9. The van der Waals surface area contributed by atoms with Crippen LogP contribution in [0.4, 0.5) is 8.78 Å². The Balaban J connectivity index is 1.20. The molecule has 6 rings (SSSR count). The number of benzene rings is 2. The number of aromatic carboxylic acids is 1. The van der Waals surface area contributed by atoms with Gasteiger partial charge in [0, 0.05) is 30.3 Å². The van der Waals surface area contributed by atoms with Gasteiger partial charge in [-0.15, -0.1) is 0 Å². The maximum absolute atomic E-state index is 14.9. The van der Waals surface area contributed by atoms with E-state index in [0.29, 0.717) is 71.2 Å². The van der Waals surface area contributed by atoms with Crippen LogP contribution in [0.3, 0.4) is 0 Å². The number of rotatable bonds is 9. The first-order valence-corrected chi connectivity index (χ1v) is 13.7. The van der Waals surface area contributed by atoms with E-state index in [0.717, 1.165) is 18.1 Å². The van der Waals surface area contributed by atoms with Gasteiger partial charge in [0.15, 0.2) is 5.82 Å². The predicted molar refractivity (Wildman–Crippen MR) is 149 cm³/mol. The normalized spacial score (nSPS) is 17.1. The van der Waals surface area contributed by atoms with Crippen LogP contribution in [-0.4, -0.2) is 56.3 Å². The van der Waals surface area contributed by atoms with Crippen LogP contribution in [0.1, 0.15) is 33.9 Å². The summed E-state index contributed by atoms with van der Waals surface area (Å²) in [6.45, 7) is 2.47. The average Bonchev–Trinajstić information content (AvgIpc) is 3.51. The molecule has 0 bridgehead atoms. The summed E-state index contributed by atoms with van der Waals surface area (Å²) < 4.78 is 42.9. The average molecular weight is 601 g/mol. The molecule has 0 aliphatic carbocycles. The third kappa shape index (κ3) is 5.78. The van der Waals surface area contributed by atoms with Gasteiger partial charge in [0.05, 0.1) is 47.2 Å². The van der Waals surface area contributed by atoms with Crippen molar-refractivity contribution in [1.29, 1.82) is 0 Å². The number of carboxylic acids is 1. The van der Waals surface area contributed by atoms with E-state index in [4.69, 9.17) is 32.7 Å². The van der Waals surface area contributed by atoms with Crippen molar-refractivity contribution in [1.82, 2.24) is 19.4 Å². The number of carboxylic acid groups (broad SMARTS) is 1. The monoisotopic (exact) mass is 600 g/mol. The lowest BCUT2D eigenvalue weighted by Gasteiger charge is -2.28. The molecular formula is C29H24Cl2F2N4O4. The standard InChI is InChI=1S/C29H24Cl2F2N4O4/c30-18-1-2-26(22(31)9-18)41-15-19-10-21(24(33)11-34-19)16-3-5-36(12-16)14-27-35-28-23(32)7-17(29(38)39)8-25(28)37(27)13-20-4-6-40-20/h1-3,7-11,20H,4-6,12-15H2,(H,38,39)/t20-/m0/s1. The number of aromatic nitrogens is 3. The molecular weight excluding hydrogens is 577 g/mol. The van der Waals surface area contributed by atoms with Gasteiger partial charge in [0.2, 0.25) is 0 Å². The Labute approximate surface area is 243 Å². The molecule has 2 aromatic carbocycles. The number of hydrogen-bond acceptors (Lipinski definition) is 6. The minimum Gasteiger partial charge on any atom is -0.486 e. The molecule has 2 aliphatic rings. The second-order valence-electron chi connectivity index (χ2n) is 9.97. The molecule has 0 spiro atoms. The molecule has 2 aliphatic heterocycles. The van der Waals surface area contributed by atoms with Crippen LogP contribution in [-0.2, 0) is 24.4 Å². The van der Waals surface area contributed by atoms with Gasteiger partial charge >= 0.3 is 5.97 Å². The number of imidazole rings is 1. The van der Waals surface area contributed by atoms with E-state index in [1.54, 1.807) is 24.3 Å². The molecule has 212 valence electrons. The van der Waals surface area contributed by atoms with Crippen molar-refractivity contribution >= 4 is 45.8 Å². The first kappa shape index (κ1) is 27.6. The minimum atomic E-state index is -1.21. The highest BCUT2D eigenvalue weighted by Gasteiger charge is 2.26. The van der Waals surface area contributed by atoms with E-state index in [2.05, 4.69) is 9.97 Å². The van der Waals surface area contributed by atoms with Crippen molar-refractivity contribution in [3.8, 4) is 5.75 Å². The highest BCUT2D eigenvalue weighted by atomic mass is 35.5. The van der Waals surface area contributed by atoms with Crippen LogP contribution < -0.4 is 4.74 Å². The lowest BCUT2D eigenvalue weighted by molar-refractivity contribution is -0.0591. The highest BCUT2D eigenvalue weighted by Crippen LogP contribution is 2.30. The van der Waals surface area contributed by atoms with E-state index >= 15 is 0 Å². The van der Waals surface area contributed by atoms with Gasteiger partial charge in [-0.25, -0.2) is 18.6 Å². The SMILES string of the molecule is O=C(O)c1cc(F)c2nc(CN3CC=C(c4cc(COc5ccc(Cl)cc5Cl)ncc4F)C3)n(C[C@@H]3CCO3)c2c1. The summed E-state index contributed by atoms with van der Waals surface area (Å²) >= 11 is 12.1. The highest BCUT2D eigenvalue weighted by molar-refractivity contribution is 6.35. The Morgan fingerprint density at radius 3 is 2.73 bits per heavy atom. The Kier molecular flexibility index (Phi) is 7.65. The fourth-order valence-electron chi connectivity index (χ4n) is 4.99. The molecule has 4 aromatic rings. The van der Waals surface area contributed by atoms with Gasteiger partial charge in [-0.05, 0) is 48.4 Å². The number of ether oxygens (including phenoxy) is 2. The van der Waals surface area contributed by atoms with Crippen molar-refractivity contribution in [3.05, 3.63) is 93.0 Å². The zero-order valence-corrected chi connectivity index (χ0v) is 23.1. The number of fused-ring (bicyclic) bond motifs is 1. The molecule has 1 N–H and O–H groups in total. The molecule has 1 fully saturated rings. The number of hydrogen-bond donors (Lipinski definition) is 1. The fourth-order valence-corrected chi connectivity index (χ4v) is 5.45. The first-order valence-electron chi connectivity index (χ1n) is 12.9. The summed E-state index contributed by atoms with van der Waals surface area (Å²) in [6.07, 6.45) is 3.91. The van der Waals surface area contributed by atoms with Gasteiger partial charge in [-0.2, -0.15) is 0 Å². The molecule has 0 amide bonds. The van der Waals surface area contributed by atoms with Crippen molar-refractivity contribution in [2.24, 2.45) is 0 Å². The molecule has 1 atom stereocenters. The lowest BCUT2D eigenvalue weighted by Crippen LogP contribution is -2.32. The Bertz CT molecular complexity index is 1690. The molecule has 12 heteroatoms. The lowest BCUT2D eigenvalue weighted by atomic mass is 10.1. The molecule has 0 unspecified atom stereocenters. The van der Waals surface area contributed by atoms with Gasteiger partial charge in [-0.3, -0.25) is 9.88 Å². The van der Waals surface area contributed by atoms with Crippen LogP contribution in [0.25, 0.3) is 16.6 Å². The van der Waals surface area contributed by atoms with Crippen LogP contribution in [0.5, 0.6) is 5.75 Å². The predicted octanol–water partition coefficient (Wildman–Crippen LogP) is 5.98. The van der Waals surface area contributed by atoms with Gasteiger partial charge in [0.1, 0.15) is 29.5 Å². The van der Waals surface area contributed by atoms with Crippen molar-refractivity contribution in [2.75, 3.05) is 19.7 Å². The van der Waals surface area contributed by atoms with E-state index in [9.17, 15) is 18.7 Å². The third-order valence-corrected chi connectivity index (χ3v) is 7.73. The fraction of sp³-hybridized carbons (Fsp3) is 0.276. The molecule has 41 heavy (non-hydrogen) atoms. The number of pyridine rings is 1. The molecule has 2 aromatic heterocycles. The molecule has 0 radical (unpaired) electrons. The second kappa shape index (κ2) is 11.4. The van der Waals surface area contributed by atoms with E-state index in [1.165, 1.54) is 12.3 Å². The topological polar surface area (TPSA) is 89.7 Å². The maximum Gasteiger partial charge on any atom is 0.335 e. The van der Waals surface area contributed by atoms with E-state index < -0.39 is 17.6 Å². The van der Waals surface area contributed by atoms with Crippen LogP contribution >= 0.6 is 23.2 Å². The van der Waals surface area contributed by atoms with Gasteiger partial charge in [-0.1, -0.05) is 29.3 Å². The zero-order valence-electron chi connectivity index (χ0n) is 21.6. The molecule has 1 saturated heterocycles. The molecule has 0 saturated carbocycles. The van der Waals surface area contributed by atoms with E-state index in [1.807, 2.05) is 15.5 Å².